The predicted octanol–water partition coefficient (Wildman–Crippen LogP) is 0.896. The summed E-state index contributed by atoms with van der Waals surface area (Å²) in [5, 5.41) is 0. The minimum atomic E-state index is -3.70. The van der Waals surface area contributed by atoms with E-state index in [0.29, 0.717) is 44.3 Å². The lowest BCUT2D eigenvalue weighted by Gasteiger charge is -2.34. The van der Waals surface area contributed by atoms with E-state index in [-0.39, 0.29) is 23.5 Å². The third-order valence-corrected chi connectivity index (χ3v) is 6.74. The fourth-order valence-corrected chi connectivity index (χ4v) is 4.75. The summed E-state index contributed by atoms with van der Waals surface area (Å²) in [5.41, 5.74) is 0.361. The zero-order chi connectivity index (χ0) is 21.0. The van der Waals surface area contributed by atoms with Gasteiger partial charge in [-0.15, -0.1) is 0 Å². The molecule has 1 unspecified atom stereocenters. The lowest BCUT2D eigenvalue weighted by molar-refractivity contribution is 0.0746. The van der Waals surface area contributed by atoms with Gasteiger partial charge in [-0.05, 0) is 37.1 Å². The van der Waals surface area contributed by atoms with Crippen molar-refractivity contribution in [3.05, 3.63) is 48.3 Å². The highest BCUT2D eigenvalue weighted by Gasteiger charge is 2.25. The zero-order valence-electron chi connectivity index (χ0n) is 16.6. The number of ether oxygens (including phenoxy) is 1. The maximum atomic E-state index is 12.9. The lowest BCUT2D eigenvalue weighted by Crippen LogP contribution is -2.49. The molecule has 2 fully saturated rings. The summed E-state index contributed by atoms with van der Waals surface area (Å²) in [6.07, 6.45) is 5.09. The van der Waals surface area contributed by atoms with Crippen LogP contribution in [0.1, 0.15) is 23.2 Å². The first kappa shape index (κ1) is 20.7. The lowest BCUT2D eigenvalue weighted by atomic mass is 10.2. The topological polar surface area (TPSA) is 105 Å². The Balaban J connectivity index is 1.39. The van der Waals surface area contributed by atoms with Crippen molar-refractivity contribution in [1.82, 2.24) is 19.6 Å². The Hall–Kier alpha value is -2.56. The van der Waals surface area contributed by atoms with Crippen LogP contribution in [0, 0.1) is 0 Å². The molecule has 2 aliphatic rings. The van der Waals surface area contributed by atoms with Crippen LogP contribution >= 0.6 is 0 Å². The minimum absolute atomic E-state index is 0.0858. The highest BCUT2D eigenvalue weighted by Crippen LogP contribution is 2.17. The van der Waals surface area contributed by atoms with Gasteiger partial charge in [0.1, 0.15) is 0 Å². The van der Waals surface area contributed by atoms with E-state index in [1.807, 2.05) is 4.90 Å². The van der Waals surface area contributed by atoms with E-state index in [0.717, 1.165) is 12.8 Å². The molecule has 0 saturated carbocycles. The summed E-state index contributed by atoms with van der Waals surface area (Å²) < 4.78 is 33.3. The number of hydrogen-bond donors (Lipinski definition) is 1. The first-order valence-electron chi connectivity index (χ1n) is 10.1. The number of anilines is 1. The third kappa shape index (κ3) is 4.77. The van der Waals surface area contributed by atoms with E-state index in [9.17, 15) is 13.2 Å². The van der Waals surface area contributed by atoms with Crippen LogP contribution in [0.25, 0.3) is 0 Å². The Labute approximate surface area is 176 Å². The maximum absolute atomic E-state index is 12.9. The number of nitrogens with one attached hydrogen (secondary N) is 1. The van der Waals surface area contributed by atoms with Gasteiger partial charge < -0.3 is 14.5 Å². The fraction of sp³-hybridized carbons (Fsp3) is 0.450. The highest BCUT2D eigenvalue weighted by molar-refractivity contribution is 7.89. The molecule has 0 aliphatic carbocycles. The summed E-state index contributed by atoms with van der Waals surface area (Å²) >= 11 is 0. The van der Waals surface area contributed by atoms with Gasteiger partial charge in [-0.2, -0.15) is 0 Å². The summed E-state index contributed by atoms with van der Waals surface area (Å²) in [7, 11) is -3.70. The number of carbonyl (C=O) groups is 1. The van der Waals surface area contributed by atoms with Crippen LogP contribution in [0.2, 0.25) is 0 Å². The molecule has 1 aromatic heterocycles. The Morgan fingerprint density at radius 2 is 1.90 bits per heavy atom. The van der Waals surface area contributed by atoms with Crippen LogP contribution < -0.4 is 9.62 Å². The van der Waals surface area contributed by atoms with E-state index in [2.05, 4.69) is 14.7 Å². The van der Waals surface area contributed by atoms with E-state index in [1.165, 1.54) is 12.1 Å². The first-order chi connectivity index (χ1) is 14.5. The molecule has 0 radical (unpaired) electrons. The number of aromatic nitrogens is 2. The number of benzene rings is 1. The highest BCUT2D eigenvalue weighted by atomic mass is 32.2. The van der Waals surface area contributed by atoms with Gasteiger partial charge in [0.2, 0.25) is 16.0 Å². The molecule has 0 spiro atoms. The van der Waals surface area contributed by atoms with Crippen LogP contribution in [-0.4, -0.2) is 74.6 Å². The van der Waals surface area contributed by atoms with Crippen molar-refractivity contribution in [1.29, 1.82) is 0 Å². The second-order valence-corrected chi connectivity index (χ2v) is 9.11. The van der Waals surface area contributed by atoms with E-state index in [4.69, 9.17) is 4.74 Å². The molecule has 4 rings (SSSR count). The summed E-state index contributed by atoms with van der Waals surface area (Å²) in [4.78, 5) is 25.3. The fourth-order valence-electron chi connectivity index (χ4n) is 3.63. The molecule has 160 valence electrons. The van der Waals surface area contributed by atoms with Crippen molar-refractivity contribution in [3.8, 4) is 0 Å². The van der Waals surface area contributed by atoms with Crippen LogP contribution in [0.15, 0.2) is 47.6 Å². The van der Waals surface area contributed by atoms with Gasteiger partial charge in [0, 0.05) is 57.3 Å². The van der Waals surface area contributed by atoms with Crippen molar-refractivity contribution >= 4 is 21.9 Å². The molecule has 0 bridgehead atoms. The molecular weight excluding hydrogens is 406 g/mol. The Bertz CT molecular complexity index is 972. The number of hydrogen-bond acceptors (Lipinski definition) is 7. The molecule has 10 heteroatoms. The van der Waals surface area contributed by atoms with E-state index in [1.54, 1.807) is 35.5 Å². The number of nitrogens with zero attached hydrogens (tertiary/aromatic N) is 4. The van der Waals surface area contributed by atoms with Gasteiger partial charge in [0.15, 0.2) is 0 Å². The second kappa shape index (κ2) is 9.07. The van der Waals surface area contributed by atoms with Crippen LogP contribution in [0.3, 0.4) is 0 Å². The summed E-state index contributed by atoms with van der Waals surface area (Å²) in [6.45, 7) is 3.19. The van der Waals surface area contributed by atoms with Crippen LogP contribution in [0.5, 0.6) is 0 Å². The molecule has 1 aromatic carbocycles. The molecule has 30 heavy (non-hydrogen) atoms. The number of amides is 1. The van der Waals surface area contributed by atoms with Crippen molar-refractivity contribution in [2.45, 2.75) is 23.8 Å². The molecule has 2 saturated heterocycles. The van der Waals surface area contributed by atoms with Crippen LogP contribution in [-0.2, 0) is 14.8 Å². The monoisotopic (exact) mass is 431 g/mol. The predicted molar refractivity (Wildman–Crippen MR) is 111 cm³/mol. The Morgan fingerprint density at radius 1 is 1.13 bits per heavy atom. The van der Waals surface area contributed by atoms with Gasteiger partial charge in [0.05, 0.1) is 11.0 Å². The van der Waals surface area contributed by atoms with Gasteiger partial charge in [0.25, 0.3) is 5.91 Å². The molecule has 2 aromatic rings. The first-order valence-corrected chi connectivity index (χ1v) is 11.5. The van der Waals surface area contributed by atoms with Gasteiger partial charge in [-0.1, -0.05) is 6.07 Å². The quantitative estimate of drug-likeness (QED) is 0.724. The van der Waals surface area contributed by atoms with Crippen molar-refractivity contribution in [2.24, 2.45) is 0 Å². The van der Waals surface area contributed by atoms with Crippen molar-refractivity contribution < 1.29 is 17.9 Å². The standard InChI is InChI=1S/C20H25N5O4S/c26-19(24-9-11-25(12-10-24)20-21-7-3-8-22-20)16-4-1-6-18(14-16)30(27,28)23-15-17-5-2-13-29-17/h1,3-4,6-8,14,17,23H,2,5,9-13,15H2. The number of carbonyl (C=O) groups excluding carboxylic acids is 1. The molecule has 1 atom stereocenters. The van der Waals surface area contributed by atoms with Crippen molar-refractivity contribution in [3.63, 3.8) is 0 Å². The third-order valence-electron chi connectivity index (χ3n) is 5.32. The number of piperazine rings is 1. The molecular formula is C20H25N5O4S. The minimum Gasteiger partial charge on any atom is -0.377 e. The maximum Gasteiger partial charge on any atom is 0.254 e. The van der Waals surface area contributed by atoms with Gasteiger partial charge in [-0.25, -0.2) is 23.1 Å². The molecule has 1 N–H and O–H groups in total. The van der Waals surface area contributed by atoms with Crippen LogP contribution in [0.4, 0.5) is 5.95 Å². The zero-order valence-corrected chi connectivity index (χ0v) is 17.4. The molecule has 2 aliphatic heterocycles. The van der Waals surface area contributed by atoms with Gasteiger partial charge >= 0.3 is 0 Å². The summed E-state index contributed by atoms with van der Waals surface area (Å²) in [5.74, 6) is 0.467. The molecule has 3 heterocycles. The molecule has 1 amide bonds. The Kier molecular flexibility index (Phi) is 6.26. The Morgan fingerprint density at radius 3 is 2.60 bits per heavy atom. The molecule has 9 nitrogen and oxygen atoms in total. The SMILES string of the molecule is O=C(c1cccc(S(=O)(=O)NCC2CCCO2)c1)N1CCN(c2ncccn2)CC1. The average molecular weight is 432 g/mol. The van der Waals surface area contributed by atoms with E-state index < -0.39 is 10.0 Å². The summed E-state index contributed by atoms with van der Waals surface area (Å²) in [6, 6.07) is 7.95. The largest absolute Gasteiger partial charge is 0.377 e. The number of rotatable bonds is 6. The van der Waals surface area contributed by atoms with Crippen molar-refractivity contribution in [2.75, 3.05) is 44.2 Å². The normalized spacial score (nSPS) is 19.8. The second-order valence-electron chi connectivity index (χ2n) is 7.34. The average Bonchev–Trinajstić information content (AvgIpc) is 3.32. The number of sulfonamides is 1. The smallest absolute Gasteiger partial charge is 0.254 e. The van der Waals surface area contributed by atoms with Gasteiger partial charge in [-0.3, -0.25) is 4.79 Å². The van der Waals surface area contributed by atoms with E-state index >= 15 is 0 Å².